The topological polar surface area (TPSA) is 381 Å². The van der Waals surface area contributed by atoms with Crippen LogP contribution in [0.1, 0.15) is 59.6 Å². The highest BCUT2D eigenvalue weighted by molar-refractivity contribution is 8.13. The van der Waals surface area contributed by atoms with Gasteiger partial charge in [-0.15, -0.1) is 0 Å². The molecular weight excluding hydrogens is 883 g/mol. The third-order valence-electron chi connectivity index (χ3n) is 8.72. The minimum Gasteiger partial charge on any atom is -0.386 e. The van der Waals surface area contributed by atoms with Gasteiger partial charge in [0, 0.05) is 43.5 Å². The van der Waals surface area contributed by atoms with Crippen molar-refractivity contribution in [1.82, 2.24) is 30.2 Å². The molecule has 0 aliphatic carbocycles. The van der Waals surface area contributed by atoms with Gasteiger partial charge >= 0.3 is 23.5 Å². The van der Waals surface area contributed by atoms with Gasteiger partial charge in [0.25, 0.3) is 0 Å². The number of allylic oxidation sites excluding steroid dienone is 1. The lowest BCUT2D eigenvalue weighted by atomic mass is 9.87. The highest BCUT2D eigenvalue weighted by Crippen LogP contribution is 2.61. The lowest BCUT2D eigenvalue weighted by Crippen LogP contribution is -2.46. The highest BCUT2D eigenvalue weighted by atomic mass is 32.2. The summed E-state index contributed by atoms with van der Waals surface area (Å²) < 4.78 is 62.2. The maximum atomic E-state index is 12.7. The summed E-state index contributed by atoms with van der Waals surface area (Å²) in [7, 11) is -16.4. The number of amides is 2. The number of aliphatic hydroxyl groups excluding tert-OH is 2. The van der Waals surface area contributed by atoms with Crippen molar-refractivity contribution in [1.29, 1.82) is 0 Å². The standard InChI is InChI=1S/C31H50N7O18P3S/c1-17(2)19(7-6-18(3)39)12-22(41)60-11-10-33-21(40)8-9-34-29(44)26(43)31(4,5)14-53-59(50,51)56-58(48,49)52-13-20-25(55-57(45,46)47)24(42)30(54-20)38-16-37-23-27(32)35-15-36-28(23)38/h15-16,19-20,24-26,30,42-43H,1,6-14H2,2-5H3,(H,33,40)(H,34,44)(H,48,49)(H,50,51)(H2,32,35,36)(H2,45,46,47)/t19-,20+,24+,25+,26?,30+/m0/s1. The van der Waals surface area contributed by atoms with E-state index >= 15 is 0 Å². The van der Waals surface area contributed by atoms with E-state index in [1.165, 1.54) is 20.8 Å². The molecule has 1 aliphatic heterocycles. The van der Waals surface area contributed by atoms with E-state index in [2.05, 4.69) is 41.0 Å². The lowest BCUT2D eigenvalue weighted by molar-refractivity contribution is -0.137. The number of carbonyl (C=O) groups is 4. The molecule has 2 aromatic rings. The van der Waals surface area contributed by atoms with E-state index < -0.39 is 84.6 Å². The first-order valence-electron chi connectivity index (χ1n) is 17.9. The van der Waals surface area contributed by atoms with Crippen LogP contribution in [-0.2, 0) is 55.5 Å². The van der Waals surface area contributed by atoms with Crippen molar-refractivity contribution in [3.8, 4) is 0 Å². The summed E-state index contributed by atoms with van der Waals surface area (Å²) in [5.74, 6) is -1.34. The van der Waals surface area contributed by atoms with Crippen LogP contribution in [0.2, 0.25) is 0 Å². The van der Waals surface area contributed by atoms with Gasteiger partial charge in [0.05, 0.1) is 19.5 Å². The molecular formula is C31H50N7O18P3S. The summed E-state index contributed by atoms with van der Waals surface area (Å²) in [6, 6.07) is 0. The van der Waals surface area contributed by atoms with Crippen LogP contribution in [0.25, 0.3) is 11.2 Å². The van der Waals surface area contributed by atoms with Gasteiger partial charge in [-0.1, -0.05) is 37.8 Å². The van der Waals surface area contributed by atoms with E-state index in [1.807, 2.05) is 0 Å². The number of nitrogens with zero attached hydrogens (tertiary/aromatic N) is 4. The molecule has 3 unspecified atom stereocenters. The van der Waals surface area contributed by atoms with Crippen molar-refractivity contribution in [2.45, 2.75) is 84.0 Å². The second-order valence-corrected chi connectivity index (χ2v) is 19.7. The molecule has 8 atom stereocenters. The van der Waals surface area contributed by atoms with Crippen LogP contribution in [0.4, 0.5) is 5.82 Å². The molecule has 1 saturated heterocycles. The number of carbonyl (C=O) groups excluding carboxylic acids is 4. The van der Waals surface area contributed by atoms with Crippen molar-refractivity contribution in [2.75, 3.05) is 37.8 Å². The smallest absolute Gasteiger partial charge is 0.386 e. The zero-order valence-electron chi connectivity index (χ0n) is 32.9. The second-order valence-electron chi connectivity index (χ2n) is 14.3. The first kappa shape index (κ1) is 51.3. The van der Waals surface area contributed by atoms with E-state index in [0.717, 1.165) is 34.6 Å². The fourth-order valence-corrected chi connectivity index (χ4v) is 9.04. The molecule has 3 rings (SSSR count). The molecule has 1 fully saturated rings. The molecule has 0 saturated carbocycles. The Kier molecular flexibility index (Phi) is 18.7. The Morgan fingerprint density at radius 2 is 1.70 bits per heavy atom. The first-order chi connectivity index (χ1) is 27.7. The number of hydrogen-bond acceptors (Lipinski definition) is 19. The van der Waals surface area contributed by atoms with Crippen LogP contribution < -0.4 is 16.4 Å². The van der Waals surface area contributed by atoms with E-state index in [-0.39, 0.29) is 65.5 Å². The highest BCUT2D eigenvalue weighted by Gasteiger charge is 2.50. The van der Waals surface area contributed by atoms with Crippen LogP contribution in [-0.4, -0.2) is 128 Å². The number of phosphoric acid groups is 3. The van der Waals surface area contributed by atoms with Crippen LogP contribution in [0.5, 0.6) is 0 Å². The Morgan fingerprint density at radius 3 is 2.33 bits per heavy atom. The van der Waals surface area contributed by atoms with Gasteiger partial charge in [0.15, 0.2) is 22.8 Å². The Morgan fingerprint density at radius 1 is 1.03 bits per heavy atom. The van der Waals surface area contributed by atoms with Crippen molar-refractivity contribution < 1.29 is 85.3 Å². The van der Waals surface area contributed by atoms with Crippen molar-refractivity contribution >= 4 is 74.9 Å². The van der Waals surface area contributed by atoms with Crippen molar-refractivity contribution in [3.63, 3.8) is 0 Å². The number of nitrogen functional groups attached to an aromatic ring is 1. The summed E-state index contributed by atoms with van der Waals surface area (Å²) >= 11 is 1.02. The number of phosphoric ester groups is 3. The predicted molar refractivity (Wildman–Crippen MR) is 210 cm³/mol. The van der Waals surface area contributed by atoms with Crippen LogP contribution in [0, 0.1) is 11.3 Å². The van der Waals surface area contributed by atoms with Crippen molar-refractivity contribution in [3.05, 3.63) is 24.8 Å². The zero-order chi connectivity index (χ0) is 45.2. The minimum atomic E-state index is -5.59. The van der Waals surface area contributed by atoms with Crippen LogP contribution in [0.3, 0.4) is 0 Å². The van der Waals surface area contributed by atoms with Crippen LogP contribution in [0.15, 0.2) is 24.8 Å². The maximum absolute atomic E-state index is 12.7. The summed E-state index contributed by atoms with van der Waals surface area (Å²) in [5.41, 5.74) is 5.03. The third-order valence-corrected chi connectivity index (χ3v) is 12.7. The van der Waals surface area contributed by atoms with Crippen molar-refractivity contribution in [2.24, 2.45) is 11.3 Å². The molecule has 0 aromatic carbocycles. The van der Waals surface area contributed by atoms with E-state index in [0.29, 0.717) is 12.8 Å². The van der Waals surface area contributed by atoms with Gasteiger partial charge in [-0.3, -0.25) is 32.5 Å². The predicted octanol–water partition coefficient (Wildman–Crippen LogP) is 0.616. The molecule has 10 N–H and O–H groups in total. The zero-order valence-corrected chi connectivity index (χ0v) is 36.4. The van der Waals surface area contributed by atoms with E-state index in [4.69, 9.17) is 19.5 Å². The molecule has 0 bridgehead atoms. The molecule has 25 nitrogen and oxygen atoms in total. The summed E-state index contributed by atoms with van der Waals surface area (Å²) in [4.78, 5) is 99.5. The molecule has 1 aliphatic rings. The Hall–Kier alpha value is -3.03. The first-order valence-corrected chi connectivity index (χ1v) is 23.4. The van der Waals surface area contributed by atoms with Gasteiger partial charge in [0.2, 0.25) is 11.8 Å². The fourth-order valence-electron chi connectivity index (χ4n) is 5.46. The largest absolute Gasteiger partial charge is 0.481 e. The molecule has 2 amide bonds. The number of aromatic nitrogens is 4. The minimum absolute atomic E-state index is 0.0210. The normalized spacial score (nSPS) is 21.4. The number of nitrogens with one attached hydrogen (secondary N) is 2. The quantitative estimate of drug-likeness (QED) is 0.0374. The number of Topliss-reactive ketones (excluding diaryl/α,β-unsaturated/α-hetero) is 1. The molecule has 60 heavy (non-hydrogen) atoms. The number of thioether (sulfide) groups is 1. The Labute approximate surface area is 347 Å². The molecule has 2 aromatic heterocycles. The monoisotopic (exact) mass is 933 g/mol. The van der Waals surface area contributed by atoms with E-state index in [1.54, 1.807) is 6.92 Å². The van der Waals surface area contributed by atoms with Gasteiger partial charge in [0.1, 0.15) is 42.0 Å². The summed E-state index contributed by atoms with van der Waals surface area (Å²) in [5, 5.41) is 26.3. The SMILES string of the molecule is C=C(C)[C@@H](CCC(C)=O)CC(=O)SCCNC(=O)CCNC(=O)C(O)C(C)(C)COP(=O)(O)OP(=O)(O)OC[C@H]1O[C@@H](n2cnc3c(N)ncnc32)[C@H](O)[C@@H]1OP(=O)(O)O. The number of fused-ring (bicyclic) bond motifs is 1. The number of hydrogen-bond donors (Lipinski definition) is 9. The van der Waals surface area contributed by atoms with Gasteiger partial charge in [-0.05, 0) is 26.2 Å². The molecule has 0 radical (unpaired) electrons. The van der Waals surface area contributed by atoms with E-state index in [9.17, 15) is 62.7 Å². The number of ether oxygens (including phenoxy) is 1. The molecule has 3 heterocycles. The molecule has 0 spiro atoms. The number of rotatable bonds is 25. The van der Waals surface area contributed by atoms with Gasteiger partial charge in [-0.25, -0.2) is 28.6 Å². The number of anilines is 1. The summed E-state index contributed by atoms with van der Waals surface area (Å²) in [6.07, 6.45) is -5.94. The average Bonchev–Trinajstić information content (AvgIpc) is 3.69. The summed E-state index contributed by atoms with van der Waals surface area (Å²) in [6.45, 7) is 7.51. The number of aliphatic hydroxyl groups is 2. The number of ketones is 1. The van der Waals surface area contributed by atoms with Gasteiger partial charge in [-0.2, -0.15) is 4.31 Å². The molecule has 29 heteroatoms. The Bertz CT molecular complexity index is 2020. The second kappa shape index (κ2) is 21.9. The number of nitrogens with two attached hydrogens (primary N) is 1. The fraction of sp³-hybridized carbons (Fsp3) is 0.645. The third kappa shape index (κ3) is 16.0. The van der Waals surface area contributed by atoms with Gasteiger partial charge < -0.3 is 55.7 Å². The van der Waals surface area contributed by atoms with Crippen LogP contribution >= 0.6 is 35.2 Å². The maximum Gasteiger partial charge on any atom is 0.481 e. The molecule has 338 valence electrons. The average molecular weight is 934 g/mol. The number of imidazole rings is 1. The Balaban J connectivity index is 1.45. The lowest BCUT2D eigenvalue weighted by Gasteiger charge is -2.30.